The highest BCUT2D eigenvalue weighted by molar-refractivity contribution is 4.36. The van der Waals surface area contributed by atoms with E-state index in [1.165, 1.54) is 0 Å². The minimum absolute atomic E-state index is 0.0741. The van der Waals surface area contributed by atoms with Crippen LogP contribution in [0, 0.1) is 0 Å². The second kappa shape index (κ2) is 3.87. The molecule has 2 heteroatoms. The van der Waals surface area contributed by atoms with Gasteiger partial charge >= 0.3 is 0 Å². The third kappa shape index (κ3) is 4.09. The number of ether oxygens (including phenoxy) is 2. The lowest BCUT2D eigenvalue weighted by Crippen LogP contribution is -2.15. The Morgan fingerprint density at radius 3 is 1.75 bits per heavy atom. The van der Waals surface area contributed by atoms with Gasteiger partial charge in [0.2, 0.25) is 0 Å². The molecule has 50 valence electrons. The normalized spacial score (nSPS) is 14.6. The van der Waals surface area contributed by atoms with Crippen molar-refractivity contribution in [3.05, 3.63) is 0 Å². The molecule has 8 heavy (non-hydrogen) atoms. The maximum absolute atomic E-state index is 5.18. The van der Waals surface area contributed by atoms with Crippen LogP contribution in [0.3, 0.4) is 0 Å². The molecule has 0 saturated carbocycles. The Hall–Kier alpha value is -0.0800. The zero-order valence-corrected chi connectivity index (χ0v) is 5.97. The summed E-state index contributed by atoms with van der Waals surface area (Å²) in [7, 11) is 1.63. The zero-order valence-electron chi connectivity index (χ0n) is 5.97. The van der Waals surface area contributed by atoms with E-state index in [-0.39, 0.29) is 12.4 Å². The molecule has 0 bridgehead atoms. The molecule has 0 aromatic carbocycles. The van der Waals surface area contributed by atoms with Crippen molar-refractivity contribution < 1.29 is 9.47 Å². The quantitative estimate of drug-likeness (QED) is 0.521. The van der Waals surface area contributed by atoms with Crippen LogP contribution >= 0.6 is 0 Å². The van der Waals surface area contributed by atoms with Gasteiger partial charge in [-0.25, -0.2) is 0 Å². The van der Waals surface area contributed by atoms with Gasteiger partial charge in [0.1, 0.15) is 0 Å². The molecule has 0 aromatic rings. The third-order valence-electron chi connectivity index (χ3n) is 0.796. The van der Waals surface area contributed by atoms with Crippen molar-refractivity contribution in [2.24, 2.45) is 0 Å². The van der Waals surface area contributed by atoms with E-state index in [9.17, 15) is 0 Å². The van der Waals surface area contributed by atoms with E-state index in [4.69, 9.17) is 9.47 Å². The monoisotopic (exact) mass is 118 g/mol. The fraction of sp³-hybridized carbons (Fsp3) is 1.00. The van der Waals surface area contributed by atoms with E-state index in [2.05, 4.69) is 0 Å². The van der Waals surface area contributed by atoms with Crippen LogP contribution in [0.25, 0.3) is 0 Å². The molecule has 0 aromatic heterocycles. The van der Waals surface area contributed by atoms with Crippen LogP contribution in [0.2, 0.25) is 0 Å². The highest BCUT2D eigenvalue weighted by Gasteiger charge is 1.99. The van der Waals surface area contributed by atoms with Crippen molar-refractivity contribution in [2.45, 2.75) is 33.2 Å². The Morgan fingerprint density at radius 1 is 1.12 bits per heavy atom. The van der Waals surface area contributed by atoms with Crippen LogP contribution in [0.4, 0.5) is 0 Å². The molecule has 2 nitrogen and oxygen atoms in total. The average molecular weight is 118 g/mol. The van der Waals surface area contributed by atoms with E-state index in [0.29, 0.717) is 0 Å². The molecule has 0 fully saturated rings. The van der Waals surface area contributed by atoms with E-state index >= 15 is 0 Å². The summed E-state index contributed by atoms with van der Waals surface area (Å²) >= 11 is 0. The van der Waals surface area contributed by atoms with Crippen molar-refractivity contribution in [2.75, 3.05) is 7.11 Å². The highest BCUT2D eigenvalue weighted by atomic mass is 16.7. The third-order valence-corrected chi connectivity index (χ3v) is 0.796. The van der Waals surface area contributed by atoms with Gasteiger partial charge < -0.3 is 9.47 Å². The van der Waals surface area contributed by atoms with Crippen LogP contribution in [0.15, 0.2) is 0 Å². The van der Waals surface area contributed by atoms with Crippen molar-refractivity contribution in [1.82, 2.24) is 0 Å². The molecule has 0 saturated heterocycles. The summed E-state index contributed by atoms with van der Waals surface area (Å²) in [5.41, 5.74) is 0. The Labute approximate surface area is 50.8 Å². The first-order valence-electron chi connectivity index (χ1n) is 2.85. The minimum atomic E-state index is -0.0741. The van der Waals surface area contributed by atoms with Gasteiger partial charge in [-0.2, -0.15) is 0 Å². The number of hydrogen-bond acceptors (Lipinski definition) is 2. The van der Waals surface area contributed by atoms with Gasteiger partial charge in [0, 0.05) is 7.11 Å². The number of methoxy groups -OCH3 is 1. The lowest BCUT2D eigenvalue weighted by atomic mass is 10.5. The molecule has 0 radical (unpaired) electrons. The largest absolute Gasteiger partial charge is 0.356 e. The summed E-state index contributed by atoms with van der Waals surface area (Å²) in [5, 5.41) is 0. The van der Waals surface area contributed by atoms with Gasteiger partial charge in [0.15, 0.2) is 6.29 Å². The fourth-order valence-corrected chi connectivity index (χ4v) is 0.439. The molecule has 0 aliphatic rings. The summed E-state index contributed by atoms with van der Waals surface area (Å²) < 4.78 is 10.0. The summed E-state index contributed by atoms with van der Waals surface area (Å²) in [4.78, 5) is 0. The van der Waals surface area contributed by atoms with Crippen LogP contribution in [-0.4, -0.2) is 19.5 Å². The van der Waals surface area contributed by atoms with E-state index in [0.717, 1.165) is 0 Å². The fourth-order valence-electron chi connectivity index (χ4n) is 0.439. The smallest absolute Gasteiger partial charge is 0.154 e. The molecule has 0 aliphatic carbocycles. The van der Waals surface area contributed by atoms with Crippen molar-refractivity contribution in [3.8, 4) is 0 Å². The second-order valence-corrected chi connectivity index (χ2v) is 1.99. The van der Waals surface area contributed by atoms with Crippen molar-refractivity contribution in [3.63, 3.8) is 0 Å². The summed E-state index contributed by atoms with van der Waals surface area (Å²) in [6.07, 6.45) is 0.181. The predicted molar refractivity (Wildman–Crippen MR) is 32.7 cm³/mol. The van der Waals surface area contributed by atoms with Crippen LogP contribution in [0.1, 0.15) is 20.8 Å². The molecular weight excluding hydrogens is 104 g/mol. The highest BCUT2D eigenvalue weighted by Crippen LogP contribution is 1.95. The average Bonchev–Trinajstić information content (AvgIpc) is 1.65. The Morgan fingerprint density at radius 2 is 1.62 bits per heavy atom. The molecule has 0 aliphatic heterocycles. The Balaban J connectivity index is 3.10. The van der Waals surface area contributed by atoms with Gasteiger partial charge in [-0.1, -0.05) is 0 Å². The summed E-state index contributed by atoms with van der Waals surface area (Å²) in [6.45, 7) is 5.84. The van der Waals surface area contributed by atoms with Gasteiger partial charge in [-0.15, -0.1) is 0 Å². The first-order valence-corrected chi connectivity index (χ1v) is 2.85. The first-order chi connectivity index (χ1) is 3.66. The SMILES string of the molecule is COC(C)OC(C)C. The summed E-state index contributed by atoms with van der Waals surface area (Å²) in [6, 6.07) is 0. The van der Waals surface area contributed by atoms with E-state index in [1.54, 1.807) is 7.11 Å². The topological polar surface area (TPSA) is 18.5 Å². The predicted octanol–water partition coefficient (Wildman–Crippen LogP) is 1.40. The Kier molecular flexibility index (Phi) is 3.83. The molecular formula is C6H14O2. The van der Waals surface area contributed by atoms with Crippen LogP contribution < -0.4 is 0 Å². The van der Waals surface area contributed by atoms with E-state index < -0.39 is 0 Å². The Bertz CT molecular complexity index is 52.5. The molecule has 0 N–H and O–H groups in total. The maximum Gasteiger partial charge on any atom is 0.154 e. The molecule has 0 heterocycles. The standard InChI is InChI=1S/C6H14O2/c1-5(2)8-6(3)7-4/h5-6H,1-4H3. The lowest BCUT2D eigenvalue weighted by molar-refractivity contribution is -0.134. The maximum atomic E-state index is 5.18. The number of rotatable bonds is 3. The zero-order chi connectivity index (χ0) is 6.57. The van der Waals surface area contributed by atoms with E-state index in [1.807, 2.05) is 20.8 Å². The number of hydrogen-bond donors (Lipinski definition) is 0. The molecule has 0 amide bonds. The second-order valence-electron chi connectivity index (χ2n) is 1.99. The molecule has 0 rings (SSSR count). The summed E-state index contributed by atoms with van der Waals surface area (Å²) in [5.74, 6) is 0. The lowest BCUT2D eigenvalue weighted by Gasteiger charge is -2.13. The molecule has 0 spiro atoms. The van der Waals surface area contributed by atoms with Gasteiger partial charge in [-0.05, 0) is 20.8 Å². The van der Waals surface area contributed by atoms with Gasteiger partial charge in [0.05, 0.1) is 6.10 Å². The van der Waals surface area contributed by atoms with Crippen molar-refractivity contribution in [1.29, 1.82) is 0 Å². The van der Waals surface area contributed by atoms with Gasteiger partial charge in [-0.3, -0.25) is 0 Å². The molecule has 1 unspecified atom stereocenters. The first kappa shape index (κ1) is 7.92. The van der Waals surface area contributed by atoms with Crippen LogP contribution in [-0.2, 0) is 9.47 Å². The molecule has 1 atom stereocenters. The van der Waals surface area contributed by atoms with Crippen LogP contribution in [0.5, 0.6) is 0 Å². The van der Waals surface area contributed by atoms with Gasteiger partial charge in [0.25, 0.3) is 0 Å². The van der Waals surface area contributed by atoms with Crippen molar-refractivity contribution >= 4 is 0 Å². The minimum Gasteiger partial charge on any atom is -0.356 e.